The number of methoxy groups -OCH3 is 1. The zero-order valence-electron chi connectivity index (χ0n) is 15.7. The second-order valence-corrected chi connectivity index (χ2v) is 6.93. The molecule has 0 radical (unpaired) electrons. The van der Waals surface area contributed by atoms with Gasteiger partial charge in [-0.2, -0.15) is 0 Å². The van der Waals surface area contributed by atoms with Crippen molar-refractivity contribution in [3.8, 4) is 11.5 Å². The Morgan fingerprint density at radius 1 is 1.07 bits per heavy atom. The lowest BCUT2D eigenvalue weighted by atomic mass is 10.1. The number of amides is 4. The predicted molar refractivity (Wildman–Crippen MR) is 111 cm³/mol. The van der Waals surface area contributed by atoms with E-state index in [1.807, 2.05) is 18.2 Å². The Labute approximate surface area is 176 Å². The number of nitrogens with zero attached hydrogens (tertiary/aromatic N) is 1. The normalized spacial score (nSPS) is 15.4. The van der Waals surface area contributed by atoms with Crippen LogP contribution in [-0.4, -0.2) is 41.8 Å². The third-order valence-corrected chi connectivity index (χ3v) is 4.53. The monoisotopic (exact) mass is 458 g/mol. The maximum atomic E-state index is 12.8. The Morgan fingerprint density at radius 2 is 1.83 bits per heavy atom. The number of carbonyl (C=O) groups is 3. The molecular formula is C21H19BrN2O5. The van der Waals surface area contributed by atoms with Gasteiger partial charge in [-0.25, -0.2) is 4.79 Å². The minimum absolute atomic E-state index is 0.0682. The van der Waals surface area contributed by atoms with Gasteiger partial charge in [0.05, 0.1) is 20.3 Å². The Balaban J connectivity index is 1.88. The van der Waals surface area contributed by atoms with Crippen molar-refractivity contribution in [2.45, 2.75) is 6.54 Å². The first-order chi connectivity index (χ1) is 14.0. The fourth-order valence-corrected chi connectivity index (χ4v) is 2.97. The van der Waals surface area contributed by atoms with Gasteiger partial charge >= 0.3 is 6.03 Å². The molecule has 1 aliphatic heterocycles. The Kier molecular flexibility index (Phi) is 6.66. The van der Waals surface area contributed by atoms with Gasteiger partial charge in [-0.3, -0.25) is 19.8 Å². The van der Waals surface area contributed by atoms with Gasteiger partial charge in [0.15, 0.2) is 11.5 Å². The van der Waals surface area contributed by atoms with Gasteiger partial charge in [-0.05, 0) is 29.3 Å². The third-order valence-electron chi connectivity index (χ3n) is 4.20. The van der Waals surface area contributed by atoms with Crippen LogP contribution in [0.4, 0.5) is 4.79 Å². The smallest absolute Gasteiger partial charge is 0.331 e. The van der Waals surface area contributed by atoms with Crippen molar-refractivity contribution in [2.75, 3.05) is 19.0 Å². The average molecular weight is 459 g/mol. The van der Waals surface area contributed by atoms with Crippen LogP contribution < -0.4 is 14.8 Å². The molecule has 3 rings (SSSR count). The van der Waals surface area contributed by atoms with Gasteiger partial charge in [-0.1, -0.05) is 52.3 Å². The van der Waals surface area contributed by atoms with E-state index in [9.17, 15) is 14.4 Å². The lowest BCUT2D eigenvalue weighted by molar-refractivity contribution is -0.130. The average Bonchev–Trinajstić information content (AvgIpc) is 2.73. The zero-order chi connectivity index (χ0) is 20.8. The summed E-state index contributed by atoms with van der Waals surface area (Å²) in [5.41, 5.74) is 1.22. The standard InChI is InChI=1S/C21H19BrN2O5/c1-28-18-12-15(7-8-17(18)29-10-9-22)11-16-19(25)23-21(27)24(20(16)26)13-14-5-3-2-4-6-14/h2-8,11-12H,9-10,13H2,1H3,(H,23,25,27)/b16-11-. The molecule has 0 aliphatic carbocycles. The van der Waals surface area contributed by atoms with Gasteiger partial charge in [0, 0.05) is 5.33 Å². The van der Waals surface area contributed by atoms with Gasteiger partial charge < -0.3 is 9.47 Å². The maximum Gasteiger partial charge on any atom is 0.331 e. The molecule has 1 aliphatic rings. The second-order valence-electron chi connectivity index (χ2n) is 6.14. The molecule has 1 saturated heterocycles. The molecule has 2 aromatic carbocycles. The maximum absolute atomic E-state index is 12.8. The van der Waals surface area contributed by atoms with Gasteiger partial charge in [-0.15, -0.1) is 0 Å². The summed E-state index contributed by atoms with van der Waals surface area (Å²) in [5.74, 6) is -0.361. The molecule has 4 amide bonds. The summed E-state index contributed by atoms with van der Waals surface area (Å²) >= 11 is 3.29. The molecule has 0 spiro atoms. The molecule has 7 nitrogen and oxygen atoms in total. The van der Waals surface area contributed by atoms with Crippen LogP contribution in [0.5, 0.6) is 11.5 Å². The summed E-state index contributed by atoms with van der Waals surface area (Å²) in [6.45, 7) is 0.535. The number of imide groups is 2. The van der Waals surface area contributed by atoms with Crippen molar-refractivity contribution in [3.63, 3.8) is 0 Å². The Bertz CT molecular complexity index is 959. The highest BCUT2D eigenvalue weighted by atomic mass is 79.9. The molecule has 8 heteroatoms. The number of barbiturate groups is 1. The largest absolute Gasteiger partial charge is 0.493 e. The zero-order valence-corrected chi connectivity index (χ0v) is 17.3. The van der Waals surface area contributed by atoms with Crippen LogP contribution in [0.3, 0.4) is 0 Å². The summed E-state index contributed by atoms with van der Waals surface area (Å²) in [6.07, 6.45) is 1.43. The topological polar surface area (TPSA) is 84.9 Å². The number of hydrogen-bond acceptors (Lipinski definition) is 5. The number of hydrogen-bond donors (Lipinski definition) is 1. The summed E-state index contributed by atoms with van der Waals surface area (Å²) in [5, 5.41) is 2.88. The Morgan fingerprint density at radius 3 is 2.52 bits per heavy atom. The van der Waals surface area contributed by atoms with E-state index in [0.29, 0.717) is 29.0 Å². The lowest BCUT2D eigenvalue weighted by Crippen LogP contribution is -2.53. The number of rotatable bonds is 7. The first-order valence-corrected chi connectivity index (χ1v) is 9.95. The van der Waals surface area contributed by atoms with Crippen LogP contribution in [0.15, 0.2) is 54.1 Å². The van der Waals surface area contributed by atoms with Crippen LogP contribution in [0.2, 0.25) is 0 Å². The highest BCUT2D eigenvalue weighted by Crippen LogP contribution is 2.29. The highest BCUT2D eigenvalue weighted by molar-refractivity contribution is 9.09. The third kappa shape index (κ3) is 4.83. The highest BCUT2D eigenvalue weighted by Gasteiger charge is 2.35. The minimum atomic E-state index is -0.739. The van der Waals surface area contributed by atoms with E-state index in [-0.39, 0.29) is 12.1 Å². The van der Waals surface area contributed by atoms with E-state index in [2.05, 4.69) is 21.2 Å². The first kappa shape index (κ1) is 20.6. The molecule has 29 heavy (non-hydrogen) atoms. The van der Waals surface area contributed by atoms with Crippen molar-refractivity contribution >= 4 is 39.9 Å². The van der Waals surface area contributed by atoms with Crippen LogP contribution in [0.1, 0.15) is 11.1 Å². The van der Waals surface area contributed by atoms with E-state index >= 15 is 0 Å². The van der Waals surface area contributed by atoms with E-state index in [0.717, 1.165) is 10.5 Å². The first-order valence-electron chi connectivity index (χ1n) is 8.83. The van der Waals surface area contributed by atoms with Crippen LogP contribution in [0.25, 0.3) is 6.08 Å². The second kappa shape index (κ2) is 9.38. The number of carbonyl (C=O) groups excluding carboxylic acids is 3. The molecule has 1 fully saturated rings. The SMILES string of the molecule is COc1cc(/C=C2/C(=O)NC(=O)N(Cc3ccccc3)C2=O)ccc1OCCBr. The number of nitrogens with one attached hydrogen (secondary N) is 1. The van der Waals surface area contributed by atoms with Crippen molar-refractivity contribution in [2.24, 2.45) is 0 Å². The summed E-state index contributed by atoms with van der Waals surface area (Å²) < 4.78 is 10.9. The van der Waals surface area contributed by atoms with E-state index in [1.165, 1.54) is 13.2 Å². The number of benzene rings is 2. The number of ether oxygens (including phenoxy) is 2. The molecule has 2 aromatic rings. The fourth-order valence-electron chi connectivity index (χ4n) is 2.81. The molecule has 150 valence electrons. The number of urea groups is 1. The number of alkyl halides is 1. The molecule has 0 atom stereocenters. The van der Waals surface area contributed by atoms with Gasteiger partial charge in [0.1, 0.15) is 5.57 Å². The summed E-state index contributed by atoms with van der Waals surface area (Å²) in [6, 6.07) is 13.4. The molecule has 1 heterocycles. The molecule has 0 unspecified atom stereocenters. The van der Waals surface area contributed by atoms with Gasteiger partial charge in [0.2, 0.25) is 0 Å². The van der Waals surface area contributed by atoms with Crippen molar-refractivity contribution in [1.29, 1.82) is 0 Å². The summed E-state index contributed by atoms with van der Waals surface area (Å²) in [4.78, 5) is 38.3. The molecular weight excluding hydrogens is 440 g/mol. The van der Waals surface area contributed by atoms with Crippen LogP contribution in [0, 0.1) is 0 Å². The fraction of sp³-hybridized carbons (Fsp3) is 0.190. The van der Waals surface area contributed by atoms with Gasteiger partial charge in [0.25, 0.3) is 11.8 Å². The van der Waals surface area contributed by atoms with Crippen molar-refractivity contribution in [3.05, 3.63) is 65.2 Å². The molecule has 0 bridgehead atoms. The predicted octanol–water partition coefficient (Wildman–Crippen LogP) is 3.13. The minimum Gasteiger partial charge on any atom is -0.493 e. The molecule has 1 N–H and O–H groups in total. The Hall–Kier alpha value is -3.13. The number of halogens is 1. The molecule has 0 saturated carbocycles. The lowest BCUT2D eigenvalue weighted by Gasteiger charge is -2.26. The van der Waals surface area contributed by atoms with Crippen LogP contribution in [-0.2, 0) is 16.1 Å². The van der Waals surface area contributed by atoms with E-state index in [4.69, 9.17) is 9.47 Å². The molecule has 0 aromatic heterocycles. The van der Waals surface area contributed by atoms with Crippen LogP contribution >= 0.6 is 15.9 Å². The van der Waals surface area contributed by atoms with Crippen molar-refractivity contribution < 1.29 is 23.9 Å². The summed E-state index contributed by atoms with van der Waals surface area (Å²) in [7, 11) is 1.51. The van der Waals surface area contributed by atoms with E-state index in [1.54, 1.807) is 30.3 Å². The van der Waals surface area contributed by atoms with E-state index < -0.39 is 17.8 Å². The van der Waals surface area contributed by atoms with Crippen molar-refractivity contribution in [1.82, 2.24) is 10.2 Å². The quantitative estimate of drug-likeness (QED) is 0.391.